The molecule has 0 aliphatic rings. The zero-order valence-electron chi connectivity index (χ0n) is 13.7. The van der Waals surface area contributed by atoms with Gasteiger partial charge in [-0.2, -0.15) is 10.0 Å². The number of carbonyl (C=O) groups excluding carboxylic acids is 2. The Morgan fingerprint density at radius 3 is 2.43 bits per heavy atom. The van der Waals surface area contributed by atoms with Crippen LogP contribution in [0, 0.1) is 10.8 Å². The first kappa shape index (κ1) is 16.6. The Bertz CT molecular complexity index is 696. The third-order valence-corrected chi connectivity index (χ3v) is 3.06. The number of H-pyrrole nitrogens is 1. The molecule has 0 unspecified atom stereocenters. The number of nitrogens with zero attached hydrogens (tertiary/aromatic N) is 7. The van der Waals surface area contributed by atoms with E-state index in [1.165, 1.54) is 4.80 Å². The van der Waals surface area contributed by atoms with Crippen molar-refractivity contribution in [3.63, 3.8) is 0 Å². The Morgan fingerprint density at radius 2 is 1.87 bits per heavy atom. The van der Waals surface area contributed by atoms with Crippen LogP contribution in [0.1, 0.15) is 45.2 Å². The van der Waals surface area contributed by atoms with Gasteiger partial charge in [0, 0.05) is 5.41 Å². The van der Waals surface area contributed by atoms with Crippen LogP contribution in [0.3, 0.4) is 0 Å². The van der Waals surface area contributed by atoms with E-state index in [1.807, 2.05) is 0 Å². The molecule has 0 aliphatic carbocycles. The van der Waals surface area contributed by atoms with Crippen molar-refractivity contribution in [3.05, 3.63) is 5.82 Å². The highest BCUT2D eigenvalue weighted by molar-refractivity contribution is 5.96. The minimum Gasteiger partial charge on any atom is -0.291 e. The van der Waals surface area contributed by atoms with Crippen molar-refractivity contribution in [2.75, 3.05) is 5.32 Å². The van der Waals surface area contributed by atoms with Crippen LogP contribution >= 0.6 is 0 Å². The molecule has 0 fully saturated rings. The lowest BCUT2D eigenvalue weighted by Crippen LogP contribution is -2.31. The first-order valence-electron chi connectivity index (χ1n) is 6.97. The Labute approximate surface area is 132 Å². The van der Waals surface area contributed by atoms with Crippen molar-refractivity contribution >= 4 is 17.6 Å². The van der Waals surface area contributed by atoms with Crippen LogP contribution in [0.25, 0.3) is 0 Å². The van der Waals surface area contributed by atoms with Gasteiger partial charge in [0.15, 0.2) is 0 Å². The molecular formula is C12H19N9O2. The van der Waals surface area contributed by atoms with E-state index >= 15 is 0 Å². The molecule has 2 N–H and O–H groups in total. The lowest BCUT2D eigenvalue weighted by Gasteiger charge is -2.19. The van der Waals surface area contributed by atoms with Crippen molar-refractivity contribution in [2.24, 2.45) is 10.8 Å². The number of Topliss-reactive ketones (excluding diaryl/α,β-unsaturated/α-hetero) is 1. The predicted octanol–water partition coefficient (Wildman–Crippen LogP) is 0.0799. The summed E-state index contributed by atoms with van der Waals surface area (Å²) in [4.78, 5) is 25.4. The van der Waals surface area contributed by atoms with Crippen LogP contribution in [0.15, 0.2) is 0 Å². The molecule has 0 aromatic carbocycles. The Kier molecular flexibility index (Phi) is 4.21. The standard InChI is InChI=1S/C12H19N9O2/c1-11(2,3)9(23)13-10-16-20-21(17-10)6-12(4,5)7(22)8-14-18-19-15-8/h6H2,1-5H3,(H,13,17,23)(H,14,15,18,19). The van der Waals surface area contributed by atoms with Gasteiger partial charge in [-0.15, -0.1) is 15.3 Å². The summed E-state index contributed by atoms with van der Waals surface area (Å²) < 4.78 is 0. The van der Waals surface area contributed by atoms with E-state index in [1.54, 1.807) is 34.6 Å². The van der Waals surface area contributed by atoms with Gasteiger partial charge in [-0.3, -0.25) is 14.9 Å². The molecule has 1 amide bonds. The molecule has 124 valence electrons. The quantitative estimate of drug-likeness (QED) is 0.736. The van der Waals surface area contributed by atoms with Gasteiger partial charge in [0.25, 0.3) is 5.95 Å². The summed E-state index contributed by atoms with van der Waals surface area (Å²) in [6, 6.07) is 0. The number of amides is 1. The van der Waals surface area contributed by atoms with E-state index in [2.05, 4.69) is 41.4 Å². The minimum absolute atomic E-state index is 0.00336. The molecular weight excluding hydrogens is 302 g/mol. The molecule has 0 atom stereocenters. The fourth-order valence-electron chi connectivity index (χ4n) is 1.64. The van der Waals surface area contributed by atoms with Crippen molar-refractivity contribution in [1.29, 1.82) is 0 Å². The van der Waals surface area contributed by atoms with E-state index in [0.717, 1.165) is 0 Å². The van der Waals surface area contributed by atoms with Gasteiger partial charge in [-0.25, -0.2) is 0 Å². The average molecular weight is 321 g/mol. The number of rotatable bonds is 5. The van der Waals surface area contributed by atoms with Gasteiger partial charge in [0.1, 0.15) is 0 Å². The summed E-state index contributed by atoms with van der Waals surface area (Å²) in [5.74, 6) is -0.438. The van der Waals surface area contributed by atoms with Crippen molar-refractivity contribution < 1.29 is 9.59 Å². The lowest BCUT2D eigenvalue weighted by molar-refractivity contribution is -0.123. The summed E-state index contributed by atoms with van der Waals surface area (Å²) in [5, 5.41) is 27.2. The maximum absolute atomic E-state index is 12.3. The topological polar surface area (TPSA) is 144 Å². The molecule has 0 spiro atoms. The molecule has 2 aromatic rings. The Morgan fingerprint density at radius 1 is 1.17 bits per heavy atom. The molecule has 0 bridgehead atoms. The van der Waals surface area contributed by atoms with E-state index < -0.39 is 10.8 Å². The number of carbonyl (C=O) groups is 2. The van der Waals surface area contributed by atoms with Gasteiger partial charge in [0.05, 0.1) is 12.0 Å². The van der Waals surface area contributed by atoms with Crippen LogP contribution in [-0.2, 0) is 11.3 Å². The van der Waals surface area contributed by atoms with E-state index in [0.29, 0.717) is 0 Å². The first-order chi connectivity index (χ1) is 10.6. The first-order valence-corrected chi connectivity index (χ1v) is 6.97. The van der Waals surface area contributed by atoms with Crippen molar-refractivity contribution in [1.82, 2.24) is 40.8 Å². The highest BCUT2D eigenvalue weighted by atomic mass is 16.2. The normalized spacial score (nSPS) is 12.2. The molecule has 2 heterocycles. The Hall–Kier alpha value is -2.72. The fourth-order valence-corrected chi connectivity index (χ4v) is 1.64. The largest absolute Gasteiger partial charge is 0.291 e. The Balaban J connectivity index is 2.06. The summed E-state index contributed by atoms with van der Waals surface area (Å²) in [5.41, 5.74) is -1.44. The van der Waals surface area contributed by atoms with Gasteiger partial charge < -0.3 is 0 Å². The number of aromatic nitrogens is 8. The summed E-state index contributed by atoms with van der Waals surface area (Å²) in [6.45, 7) is 8.90. The number of aromatic amines is 1. The molecule has 11 nitrogen and oxygen atoms in total. The second-order valence-electron chi connectivity index (χ2n) is 6.80. The van der Waals surface area contributed by atoms with Gasteiger partial charge in [-0.1, -0.05) is 39.7 Å². The number of hydrogen-bond acceptors (Lipinski definition) is 8. The fraction of sp³-hybridized carbons (Fsp3) is 0.667. The van der Waals surface area contributed by atoms with Crippen LogP contribution in [-0.4, -0.2) is 52.5 Å². The molecule has 0 aliphatic heterocycles. The van der Waals surface area contributed by atoms with E-state index in [-0.39, 0.29) is 30.0 Å². The molecule has 0 saturated heterocycles. The number of tetrazole rings is 2. The summed E-state index contributed by atoms with van der Waals surface area (Å²) in [6.07, 6.45) is 0. The molecule has 2 rings (SSSR count). The van der Waals surface area contributed by atoms with Crippen molar-refractivity contribution in [2.45, 2.75) is 41.2 Å². The maximum Gasteiger partial charge on any atom is 0.270 e. The molecule has 0 radical (unpaired) electrons. The summed E-state index contributed by atoms with van der Waals surface area (Å²) in [7, 11) is 0. The molecule has 0 saturated carbocycles. The number of nitrogens with one attached hydrogen (secondary N) is 2. The zero-order chi connectivity index (χ0) is 17.3. The summed E-state index contributed by atoms with van der Waals surface area (Å²) >= 11 is 0. The van der Waals surface area contributed by atoms with Crippen LogP contribution in [0.5, 0.6) is 0 Å². The highest BCUT2D eigenvalue weighted by Gasteiger charge is 2.33. The van der Waals surface area contributed by atoms with Gasteiger partial charge >= 0.3 is 0 Å². The van der Waals surface area contributed by atoms with Crippen molar-refractivity contribution in [3.8, 4) is 0 Å². The van der Waals surface area contributed by atoms with Gasteiger partial charge in [0.2, 0.25) is 17.5 Å². The highest BCUT2D eigenvalue weighted by Crippen LogP contribution is 2.22. The van der Waals surface area contributed by atoms with Crippen LogP contribution in [0.4, 0.5) is 5.95 Å². The monoisotopic (exact) mass is 321 g/mol. The number of anilines is 1. The molecule has 23 heavy (non-hydrogen) atoms. The van der Waals surface area contributed by atoms with Crippen LogP contribution < -0.4 is 5.32 Å². The third-order valence-electron chi connectivity index (χ3n) is 3.06. The maximum atomic E-state index is 12.3. The third kappa shape index (κ3) is 3.93. The number of hydrogen-bond donors (Lipinski definition) is 2. The second-order valence-corrected chi connectivity index (χ2v) is 6.80. The number of ketones is 1. The van der Waals surface area contributed by atoms with E-state index in [9.17, 15) is 9.59 Å². The van der Waals surface area contributed by atoms with Gasteiger partial charge in [-0.05, 0) is 10.4 Å². The lowest BCUT2D eigenvalue weighted by atomic mass is 9.88. The predicted molar refractivity (Wildman–Crippen MR) is 78.2 cm³/mol. The van der Waals surface area contributed by atoms with E-state index in [4.69, 9.17) is 0 Å². The molecule has 2 aromatic heterocycles. The smallest absolute Gasteiger partial charge is 0.270 e. The van der Waals surface area contributed by atoms with Crippen LogP contribution in [0.2, 0.25) is 0 Å². The minimum atomic E-state index is -0.865. The molecule has 11 heteroatoms. The second kappa shape index (κ2) is 5.82. The average Bonchev–Trinajstić information content (AvgIpc) is 3.08. The zero-order valence-corrected chi connectivity index (χ0v) is 13.7. The SMILES string of the molecule is CC(C)(C)C(=O)Nc1nnn(CC(C)(C)C(=O)c2nn[nH]n2)n1.